The predicted octanol–water partition coefficient (Wildman–Crippen LogP) is 1.34. The average Bonchev–Trinajstić information content (AvgIpc) is 2.36. The summed E-state index contributed by atoms with van der Waals surface area (Å²) in [5.74, 6) is -0.638. The summed E-state index contributed by atoms with van der Waals surface area (Å²) in [7, 11) is 0. The monoisotopic (exact) mass is 299 g/mol. The zero-order valence-corrected chi connectivity index (χ0v) is 12.6. The van der Waals surface area contributed by atoms with Gasteiger partial charge < -0.3 is 16.8 Å². The van der Waals surface area contributed by atoms with Crippen LogP contribution >= 0.6 is 12.4 Å². The number of carbonyl (C=O) groups is 2. The first-order valence-corrected chi connectivity index (χ1v) is 6.32. The van der Waals surface area contributed by atoms with Crippen molar-refractivity contribution < 1.29 is 9.59 Å². The third-order valence-corrected chi connectivity index (χ3v) is 2.98. The molecule has 6 heteroatoms. The molecule has 0 heterocycles. The largest absolute Gasteiger partial charge is 0.366 e. The molecule has 0 saturated heterocycles. The van der Waals surface area contributed by atoms with E-state index in [9.17, 15) is 9.59 Å². The fourth-order valence-corrected chi connectivity index (χ4v) is 1.80. The normalized spacial score (nSPS) is 12.9. The van der Waals surface area contributed by atoms with Crippen molar-refractivity contribution in [2.45, 2.75) is 38.8 Å². The molecule has 112 valence electrons. The fourth-order valence-electron chi connectivity index (χ4n) is 1.80. The molecular weight excluding hydrogens is 278 g/mol. The van der Waals surface area contributed by atoms with Gasteiger partial charge in [0.25, 0.3) is 0 Å². The van der Waals surface area contributed by atoms with Crippen molar-refractivity contribution in [3.8, 4) is 0 Å². The molecule has 20 heavy (non-hydrogen) atoms. The van der Waals surface area contributed by atoms with E-state index in [2.05, 4.69) is 5.32 Å². The molecular formula is C14H22ClN3O2. The van der Waals surface area contributed by atoms with E-state index in [1.165, 1.54) is 0 Å². The van der Waals surface area contributed by atoms with Gasteiger partial charge in [0.2, 0.25) is 11.8 Å². The quantitative estimate of drug-likeness (QED) is 0.739. The first-order chi connectivity index (χ1) is 8.86. The zero-order valence-electron chi connectivity index (χ0n) is 11.8. The van der Waals surface area contributed by atoms with Crippen LogP contribution in [0.5, 0.6) is 0 Å². The Balaban J connectivity index is 0.00000361. The number of hydrogen-bond donors (Lipinski definition) is 3. The van der Waals surface area contributed by atoms with Crippen LogP contribution in [0.15, 0.2) is 24.3 Å². The van der Waals surface area contributed by atoms with Crippen LogP contribution in [0.1, 0.15) is 42.6 Å². The first-order valence-electron chi connectivity index (χ1n) is 6.32. The van der Waals surface area contributed by atoms with Crippen LogP contribution in [0, 0.1) is 0 Å². The summed E-state index contributed by atoms with van der Waals surface area (Å²) in [5, 5.41) is 2.79. The molecule has 0 saturated carbocycles. The Morgan fingerprint density at radius 3 is 2.25 bits per heavy atom. The van der Waals surface area contributed by atoms with Gasteiger partial charge in [-0.05, 0) is 31.0 Å². The van der Waals surface area contributed by atoms with Crippen molar-refractivity contribution in [3.63, 3.8) is 0 Å². The van der Waals surface area contributed by atoms with Gasteiger partial charge in [0.15, 0.2) is 0 Å². The third kappa shape index (κ3) is 5.19. The molecule has 1 unspecified atom stereocenters. The van der Waals surface area contributed by atoms with Crippen LogP contribution in [0.2, 0.25) is 0 Å². The zero-order chi connectivity index (χ0) is 14.5. The molecule has 1 rings (SSSR count). The maximum Gasteiger partial charge on any atom is 0.248 e. The van der Waals surface area contributed by atoms with Crippen LogP contribution in [0.25, 0.3) is 0 Å². The molecule has 0 aliphatic rings. The summed E-state index contributed by atoms with van der Waals surface area (Å²) >= 11 is 0. The van der Waals surface area contributed by atoms with Crippen LogP contribution < -0.4 is 16.8 Å². The molecule has 1 atom stereocenters. The van der Waals surface area contributed by atoms with Crippen molar-refractivity contribution in [1.82, 2.24) is 5.32 Å². The summed E-state index contributed by atoms with van der Waals surface area (Å²) in [6.07, 6.45) is 1.49. The van der Waals surface area contributed by atoms with Gasteiger partial charge in [-0.1, -0.05) is 25.5 Å². The minimum atomic E-state index is -0.845. The highest BCUT2D eigenvalue weighted by Crippen LogP contribution is 2.09. The van der Waals surface area contributed by atoms with Crippen molar-refractivity contribution >= 4 is 24.2 Å². The number of rotatable bonds is 6. The Labute approximate surface area is 125 Å². The molecule has 0 radical (unpaired) electrons. The van der Waals surface area contributed by atoms with E-state index >= 15 is 0 Å². The lowest BCUT2D eigenvalue weighted by Crippen LogP contribution is -2.51. The van der Waals surface area contributed by atoms with Gasteiger partial charge in [-0.2, -0.15) is 0 Å². The van der Waals surface area contributed by atoms with Crippen molar-refractivity contribution in [2.75, 3.05) is 0 Å². The van der Waals surface area contributed by atoms with Gasteiger partial charge >= 0.3 is 0 Å². The SMILES string of the molecule is CCCC(C)(N)C(=O)NCc1ccc(C(N)=O)cc1.Cl. The molecule has 0 fully saturated rings. The van der Waals surface area contributed by atoms with Gasteiger partial charge in [-0.15, -0.1) is 12.4 Å². The molecule has 2 amide bonds. The van der Waals surface area contributed by atoms with Gasteiger partial charge in [0.05, 0.1) is 5.54 Å². The standard InChI is InChI=1S/C14H21N3O2.ClH/c1-3-8-14(2,16)13(19)17-9-10-4-6-11(7-5-10)12(15)18;/h4-7H,3,8-9,16H2,1-2H3,(H2,15,18)(H,17,19);1H. The van der Waals surface area contributed by atoms with E-state index in [1.54, 1.807) is 31.2 Å². The Hall–Kier alpha value is -1.59. The second-order valence-electron chi connectivity index (χ2n) is 4.91. The second kappa shape index (κ2) is 7.87. The lowest BCUT2D eigenvalue weighted by molar-refractivity contribution is -0.126. The maximum absolute atomic E-state index is 11.9. The molecule has 1 aromatic carbocycles. The van der Waals surface area contributed by atoms with E-state index in [4.69, 9.17) is 11.5 Å². The molecule has 0 aliphatic carbocycles. The minimum absolute atomic E-state index is 0. The van der Waals surface area contributed by atoms with Gasteiger partial charge in [-0.3, -0.25) is 9.59 Å². The average molecular weight is 300 g/mol. The number of carbonyl (C=O) groups excluding carboxylic acids is 2. The second-order valence-corrected chi connectivity index (χ2v) is 4.91. The van der Waals surface area contributed by atoms with Crippen molar-refractivity contribution in [3.05, 3.63) is 35.4 Å². The molecule has 0 aromatic heterocycles. The smallest absolute Gasteiger partial charge is 0.248 e. The summed E-state index contributed by atoms with van der Waals surface area (Å²) < 4.78 is 0. The number of nitrogens with one attached hydrogen (secondary N) is 1. The van der Waals surface area contributed by atoms with Gasteiger partial charge in [-0.25, -0.2) is 0 Å². The molecule has 0 spiro atoms. The predicted molar refractivity (Wildman–Crippen MR) is 81.6 cm³/mol. The van der Waals surface area contributed by atoms with Gasteiger partial charge in [0, 0.05) is 12.1 Å². The number of primary amides is 1. The fraction of sp³-hybridized carbons (Fsp3) is 0.429. The van der Waals surface area contributed by atoms with Crippen LogP contribution in [-0.4, -0.2) is 17.4 Å². The Bertz CT molecular complexity index is 458. The molecule has 5 N–H and O–H groups in total. The topological polar surface area (TPSA) is 98.2 Å². The van der Waals surface area contributed by atoms with Crippen molar-refractivity contribution in [1.29, 1.82) is 0 Å². The number of nitrogens with two attached hydrogens (primary N) is 2. The first kappa shape index (κ1) is 18.4. The van der Waals surface area contributed by atoms with E-state index in [1.807, 2.05) is 6.92 Å². The molecule has 5 nitrogen and oxygen atoms in total. The highest BCUT2D eigenvalue weighted by Gasteiger charge is 2.26. The lowest BCUT2D eigenvalue weighted by atomic mass is 9.96. The summed E-state index contributed by atoms with van der Waals surface area (Å²) in [5.41, 5.74) is 11.6. The Morgan fingerprint density at radius 1 is 1.25 bits per heavy atom. The number of halogens is 1. The molecule has 1 aromatic rings. The molecule has 0 aliphatic heterocycles. The van der Waals surface area contributed by atoms with Crippen molar-refractivity contribution in [2.24, 2.45) is 11.5 Å². The highest BCUT2D eigenvalue weighted by molar-refractivity contribution is 5.92. The minimum Gasteiger partial charge on any atom is -0.366 e. The lowest BCUT2D eigenvalue weighted by Gasteiger charge is -2.22. The van der Waals surface area contributed by atoms with E-state index in [0.717, 1.165) is 12.0 Å². The van der Waals surface area contributed by atoms with E-state index in [-0.39, 0.29) is 18.3 Å². The summed E-state index contributed by atoms with van der Waals surface area (Å²) in [6, 6.07) is 6.79. The van der Waals surface area contributed by atoms with E-state index < -0.39 is 11.4 Å². The number of hydrogen-bond acceptors (Lipinski definition) is 3. The van der Waals surface area contributed by atoms with Gasteiger partial charge in [0.1, 0.15) is 0 Å². The number of amides is 2. The van der Waals surface area contributed by atoms with Crippen LogP contribution in [0.3, 0.4) is 0 Å². The maximum atomic E-state index is 11.9. The Morgan fingerprint density at radius 2 is 1.80 bits per heavy atom. The molecule has 0 bridgehead atoms. The Kier molecular flexibility index (Phi) is 7.24. The third-order valence-electron chi connectivity index (χ3n) is 2.98. The summed E-state index contributed by atoms with van der Waals surface area (Å²) in [6.45, 7) is 4.09. The summed E-state index contributed by atoms with van der Waals surface area (Å²) in [4.78, 5) is 22.8. The van der Waals surface area contributed by atoms with Crippen LogP contribution in [-0.2, 0) is 11.3 Å². The van der Waals surface area contributed by atoms with Crippen LogP contribution in [0.4, 0.5) is 0 Å². The van der Waals surface area contributed by atoms with E-state index in [0.29, 0.717) is 18.5 Å². The highest BCUT2D eigenvalue weighted by atomic mass is 35.5. The number of benzene rings is 1.